The first-order chi connectivity index (χ1) is 17.5. The molecule has 2 aliphatic rings. The Kier molecular flexibility index (Phi) is 6.69. The number of tetrazole rings is 1. The van der Waals surface area contributed by atoms with Gasteiger partial charge in [0.1, 0.15) is 12.4 Å². The minimum Gasteiger partial charge on any atom is -0.488 e. The third-order valence-corrected chi connectivity index (χ3v) is 6.46. The quantitative estimate of drug-likeness (QED) is 0.379. The number of rotatable bonds is 12. The zero-order valence-corrected chi connectivity index (χ0v) is 19.6. The summed E-state index contributed by atoms with van der Waals surface area (Å²) in [5.74, 6) is 1.03. The van der Waals surface area contributed by atoms with E-state index in [1.165, 1.54) is 4.68 Å². The average Bonchev–Trinajstić information content (AvgIpc) is 3.48. The lowest BCUT2D eigenvalue weighted by atomic mass is 9.88. The second-order valence-corrected chi connectivity index (χ2v) is 9.11. The number of para-hydroxylation sites is 1. The molecule has 0 spiro atoms. The van der Waals surface area contributed by atoms with Crippen LogP contribution in [0.5, 0.6) is 5.75 Å². The van der Waals surface area contributed by atoms with E-state index in [0.717, 1.165) is 11.1 Å². The Hall–Kier alpha value is -3.78. The van der Waals surface area contributed by atoms with Crippen LogP contribution in [0.15, 0.2) is 59.0 Å². The minimum atomic E-state index is -2.69. The van der Waals surface area contributed by atoms with E-state index in [2.05, 4.69) is 42.0 Å². The maximum absolute atomic E-state index is 13.6. The molecule has 9 nitrogen and oxygen atoms in total. The second kappa shape index (κ2) is 10.1. The summed E-state index contributed by atoms with van der Waals surface area (Å²) in [7, 11) is 0. The normalized spacial score (nSPS) is 18.2. The molecule has 1 unspecified atom stereocenters. The molecule has 0 bridgehead atoms. The molecule has 1 atom stereocenters. The van der Waals surface area contributed by atoms with Crippen molar-refractivity contribution in [3.05, 3.63) is 65.7 Å². The topological polar surface area (TPSA) is 102 Å². The van der Waals surface area contributed by atoms with Gasteiger partial charge in [0, 0.05) is 62.2 Å². The molecule has 1 aliphatic carbocycles. The van der Waals surface area contributed by atoms with Crippen LogP contribution in [-0.4, -0.2) is 43.3 Å². The van der Waals surface area contributed by atoms with Gasteiger partial charge < -0.3 is 10.1 Å². The lowest BCUT2D eigenvalue weighted by Gasteiger charge is -2.35. The molecule has 36 heavy (non-hydrogen) atoms. The van der Waals surface area contributed by atoms with E-state index in [0.29, 0.717) is 44.0 Å². The Morgan fingerprint density at radius 1 is 1.17 bits per heavy atom. The molecule has 1 N–H and O–H groups in total. The fourth-order valence-corrected chi connectivity index (χ4v) is 4.37. The molecule has 186 valence electrons. The van der Waals surface area contributed by atoms with Gasteiger partial charge in [0.05, 0.1) is 12.1 Å². The molecule has 11 heteroatoms. The Labute approximate surface area is 207 Å². The van der Waals surface area contributed by atoms with E-state index in [1.54, 1.807) is 12.4 Å². The number of benzene rings is 1. The van der Waals surface area contributed by atoms with Gasteiger partial charge in [-0.1, -0.05) is 24.3 Å². The molecule has 0 radical (unpaired) electrons. The molecule has 0 amide bonds. The Morgan fingerprint density at radius 2 is 2.00 bits per heavy atom. The van der Waals surface area contributed by atoms with Crippen molar-refractivity contribution in [2.45, 2.75) is 62.4 Å². The highest BCUT2D eigenvalue weighted by atomic mass is 19.3. The Morgan fingerprint density at radius 3 is 2.72 bits per heavy atom. The first-order valence-electron chi connectivity index (χ1n) is 11.9. The van der Waals surface area contributed by atoms with Crippen molar-refractivity contribution in [3.63, 3.8) is 0 Å². The summed E-state index contributed by atoms with van der Waals surface area (Å²) in [6, 6.07) is 10.4. The van der Waals surface area contributed by atoms with Crippen LogP contribution in [0.1, 0.15) is 61.1 Å². The maximum atomic E-state index is 13.6. The van der Waals surface area contributed by atoms with Crippen LogP contribution < -0.4 is 10.1 Å². The molecule has 3 heterocycles. The van der Waals surface area contributed by atoms with Crippen LogP contribution in [0.3, 0.4) is 0 Å². The van der Waals surface area contributed by atoms with E-state index in [1.807, 2.05) is 36.4 Å². The number of terminal acetylenes is 1. The van der Waals surface area contributed by atoms with Gasteiger partial charge in [-0.3, -0.25) is 4.98 Å². The monoisotopic (exact) mass is 492 g/mol. The van der Waals surface area contributed by atoms with Crippen LogP contribution in [0.2, 0.25) is 0 Å². The molecule has 3 aromatic rings. The molecule has 0 saturated heterocycles. The first-order valence-corrected chi connectivity index (χ1v) is 11.9. The number of nitrogens with one attached hydrogen (secondary N) is 1. The van der Waals surface area contributed by atoms with Gasteiger partial charge in [-0.2, -0.15) is 10.2 Å². The molecular weight excluding hydrogens is 466 g/mol. The zero-order chi connectivity index (χ0) is 25.0. The van der Waals surface area contributed by atoms with Crippen molar-refractivity contribution >= 4 is 0 Å². The van der Waals surface area contributed by atoms with Crippen LogP contribution in [0.25, 0.3) is 0 Å². The van der Waals surface area contributed by atoms with Crippen LogP contribution in [0, 0.1) is 12.3 Å². The van der Waals surface area contributed by atoms with E-state index < -0.39 is 23.7 Å². The van der Waals surface area contributed by atoms with Crippen molar-refractivity contribution < 1.29 is 13.5 Å². The van der Waals surface area contributed by atoms with Crippen LogP contribution >= 0.6 is 0 Å². The third-order valence-electron chi connectivity index (χ3n) is 6.46. The first kappa shape index (κ1) is 23.9. The van der Waals surface area contributed by atoms with E-state index in [9.17, 15) is 8.78 Å². The number of aromatic nitrogens is 5. The van der Waals surface area contributed by atoms with Crippen molar-refractivity contribution in [3.8, 4) is 18.1 Å². The summed E-state index contributed by atoms with van der Waals surface area (Å²) in [5.41, 5.74) is 1.26. The lowest BCUT2D eigenvalue weighted by Crippen LogP contribution is -2.39. The zero-order valence-electron chi connectivity index (χ0n) is 19.6. The van der Waals surface area contributed by atoms with Crippen LogP contribution in [-0.2, 0) is 6.61 Å². The van der Waals surface area contributed by atoms with Crippen molar-refractivity contribution in [1.29, 1.82) is 0 Å². The molecule has 1 aliphatic heterocycles. The molecular formula is C25H26F2N8O. The van der Waals surface area contributed by atoms with E-state index in [4.69, 9.17) is 11.2 Å². The summed E-state index contributed by atoms with van der Waals surface area (Å²) in [5, 5.41) is 24.0. The number of ether oxygens (including phenoxy) is 1. The van der Waals surface area contributed by atoms with Gasteiger partial charge in [-0.25, -0.2) is 13.5 Å². The second-order valence-electron chi connectivity index (χ2n) is 9.11. The smallest absolute Gasteiger partial charge is 0.252 e. The van der Waals surface area contributed by atoms with Crippen LogP contribution in [0.4, 0.5) is 8.78 Å². The minimum absolute atomic E-state index is 0.288. The summed E-state index contributed by atoms with van der Waals surface area (Å²) in [6.07, 6.45) is 10.2. The Bertz CT molecular complexity index is 1240. The highest BCUT2D eigenvalue weighted by Gasteiger charge is 2.48. The summed E-state index contributed by atoms with van der Waals surface area (Å²) in [6.45, 7) is 0.858. The van der Waals surface area contributed by atoms with Crippen molar-refractivity contribution in [2.75, 3.05) is 6.54 Å². The van der Waals surface area contributed by atoms with Gasteiger partial charge in [0.2, 0.25) is 0 Å². The Balaban J connectivity index is 1.38. The number of hydrogen-bond donors (Lipinski definition) is 1. The van der Waals surface area contributed by atoms with Gasteiger partial charge in [0.15, 0.2) is 11.5 Å². The summed E-state index contributed by atoms with van der Waals surface area (Å²) >= 11 is 0. The number of pyridine rings is 1. The summed E-state index contributed by atoms with van der Waals surface area (Å²) in [4.78, 5) is 4.13. The highest BCUT2D eigenvalue weighted by molar-refractivity contribution is 5.39. The van der Waals surface area contributed by atoms with E-state index in [-0.39, 0.29) is 12.8 Å². The van der Waals surface area contributed by atoms with Gasteiger partial charge in [-0.15, -0.1) is 17.4 Å². The van der Waals surface area contributed by atoms with Crippen molar-refractivity contribution in [2.24, 2.45) is 10.2 Å². The van der Waals surface area contributed by atoms with Gasteiger partial charge >= 0.3 is 0 Å². The number of alkyl halides is 2. The molecule has 2 aromatic heterocycles. The fourth-order valence-electron chi connectivity index (χ4n) is 4.37. The van der Waals surface area contributed by atoms with Gasteiger partial charge in [0.25, 0.3) is 5.92 Å². The molecule has 1 fully saturated rings. The third kappa shape index (κ3) is 5.39. The van der Waals surface area contributed by atoms with Crippen molar-refractivity contribution in [1.82, 2.24) is 30.5 Å². The SMILES string of the molecule is C#CCCC1(CCNC(c2ccccc2OCc2cccnc2)c2nnnn2C2CC(F)(F)C2)N=N1. The van der Waals surface area contributed by atoms with Gasteiger partial charge in [-0.05, 0) is 22.6 Å². The number of halogens is 2. The fraction of sp³-hybridized carbons (Fsp3) is 0.440. The lowest BCUT2D eigenvalue weighted by molar-refractivity contribution is -0.108. The largest absolute Gasteiger partial charge is 0.488 e. The maximum Gasteiger partial charge on any atom is 0.252 e. The number of hydrogen-bond acceptors (Lipinski definition) is 8. The van der Waals surface area contributed by atoms with E-state index >= 15 is 0 Å². The standard InChI is InChI=1S/C25H26F2N8O/c1-2-3-10-25(31-32-25)11-13-29-22(23-30-33-34-35(23)19-14-24(26,27)15-19)20-8-4-5-9-21(20)36-17-18-7-6-12-28-16-18/h1,4-9,12,16,19,22,29H,3,10-11,13-15,17H2. The highest BCUT2D eigenvalue weighted by Crippen LogP contribution is 2.46. The predicted molar refractivity (Wildman–Crippen MR) is 126 cm³/mol. The average molecular weight is 493 g/mol. The number of nitrogens with zero attached hydrogens (tertiary/aromatic N) is 7. The predicted octanol–water partition coefficient (Wildman–Crippen LogP) is 4.26. The molecule has 1 saturated carbocycles. The molecule has 1 aromatic carbocycles. The molecule has 5 rings (SSSR count). The summed E-state index contributed by atoms with van der Waals surface area (Å²) < 4.78 is 35.0.